The molecule has 2 rings (SSSR count). The number of ketones is 2. The molecular formula is C11H14O2. The number of hydrogen-bond acceptors (Lipinski definition) is 2. The van der Waals surface area contributed by atoms with Gasteiger partial charge in [-0.1, -0.05) is 19.9 Å². The van der Waals surface area contributed by atoms with Crippen LogP contribution in [0.15, 0.2) is 12.7 Å². The minimum absolute atomic E-state index is 0.0574. The standard InChI is InChI=1S/C11H14O2/c1-4-11-6-5-7(10(11,2)3)8(12)9(11)13/h4,7H,1,5-6H2,2-3H3. The van der Waals surface area contributed by atoms with Crippen LogP contribution in [-0.4, -0.2) is 11.6 Å². The summed E-state index contributed by atoms with van der Waals surface area (Å²) in [5.74, 6) is -0.432. The number of hydrogen-bond donors (Lipinski definition) is 0. The largest absolute Gasteiger partial charge is 0.291 e. The number of carbonyl (C=O) groups is 2. The predicted molar refractivity (Wildman–Crippen MR) is 49.1 cm³/mol. The Morgan fingerprint density at radius 2 is 2.08 bits per heavy atom. The number of fused-ring (bicyclic) bond motifs is 2. The van der Waals surface area contributed by atoms with E-state index in [1.165, 1.54) is 0 Å². The fourth-order valence-corrected chi connectivity index (χ4v) is 3.07. The highest BCUT2D eigenvalue weighted by molar-refractivity contribution is 6.43. The molecule has 0 radical (unpaired) electrons. The molecule has 2 aliphatic carbocycles. The van der Waals surface area contributed by atoms with Gasteiger partial charge in [0.05, 0.1) is 5.41 Å². The van der Waals surface area contributed by atoms with E-state index in [4.69, 9.17) is 0 Å². The summed E-state index contributed by atoms with van der Waals surface area (Å²) >= 11 is 0. The van der Waals surface area contributed by atoms with Crippen LogP contribution in [0.3, 0.4) is 0 Å². The van der Waals surface area contributed by atoms with Crippen molar-refractivity contribution in [3.8, 4) is 0 Å². The maximum Gasteiger partial charge on any atom is 0.209 e. The first-order chi connectivity index (χ1) is 5.97. The number of carbonyl (C=O) groups excluding carboxylic acids is 2. The third-order valence-electron chi connectivity index (χ3n) is 4.14. The maximum atomic E-state index is 11.7. The summed E-state index contributed by atoms with van der Waals surface area (Å²) in [4.78, 5) is 23.3. The van der Waals surface area contributed by atoms with E-state index in [1.54, 1.807) is 6.08 Å². The Hall–Kier alpha value is -0.920. The van der Waals surface area contributed by atoms with Crippen molar-refractivity contribution in [3.63, 3.8) is 0 Å². The average molecular weight is 178 g/mol. The molecule has 2 saturated carbocycles. The van der Waals surface area contributed by atoms with E-state index < -0.39 is 5.41 Å². The monoisotopic (exact) mass is 178 g/mol. The van der Waals surface area contributed by atoms with Gasteiger partial charge in [-0.25, -0.2) is 0 Å². The molecule has 0 aromatic carbocycles. The van der Waals surface area contributed by atoms with Gasteiger partial charge in [0.1, 0.15) is 0 Å². The first-order valence-corrected chi connectivity index (χ1v) is 4.69. The maximum absolute atomic E-state index is 11.7. The van der Waals surface area contributed by atoms with E-state index in [0.29, 0.717) is 0 Å². The summed E-state index contributed by atoms with van der Waals surface area (Å²) in [5.41, 5.74) is -0.752. The van der Waals surface area contributed by atoms with E-state index in [0.717, 1.165) is 12.8 Å². The summed E-state index contributed by atoms with van der Waals surface area (Å²) in [5, 5.41) is 0. The Kier molecular flexibility index (Phi) is 1.41. The van der Waals surface area contributed by atoms with Crippen LogP contribution in [0.2, 0.25) is 0 Å². The molecule has 13 heavy (non-hydrogen) atoms. The highest BCUT2D eigenvalue weighted by Crippen LogP contribution is 2.62. The minimum atomic E-state index is -0.547. The second-order valence-electron chi connectivity index (χ2n) is 4.68. The third-order valence-corrected chi connectivity index (χ3v) is 4.14. The summed E-state index contributed by atoms with van der Waals surface area (Å²) in [6.07, 6.45) is 3.35. The number of rotatable bonds is 1. The normalized spacial score (nSPS) is 41.2. The van der Waals surface area contributed by atoms with E-state index >= 15 is 0 Å². The van der Waals surface area contributed by atoms with Crippen molar-refractivity contribution in [3.05, 3.63) is 12.7 Å². The molecule has 0 N–H and O–H groups in total. The third kappa shape index (κ3) is 0.664. The minimum Gasteiger partial charge on any atom is -0.291 e. The van der Waals surface area contributed by atoms with Crippen LogP contribution in [0.5, 0.6) is 0 Å². The van der Waals surface area contributed by atoms with Crippen LogP contribution in [0.25, 0.3) is 0 Å². The summed E-state index contributed by atoms with van der Waals surface area (Å²) in [6.45, 7) is 7.74. The molecule has 2 unspecified atom stereocenters. The summed E-state index contributed by atoms with van der Waals surface area (Å²) in [6, 6.07) is 0. The first-order valence-electron chi connectivity index (χ1n) is 4.69. The summed E-state index contributed by atoms with van der Waals surface area (Å²) < 4.78 is 0. The van der Waals surface area contributed by atoms with Gasteiger partial charge in [0.2, 0.25) is 11.6 Å². The molecule has 2 fully saturated rings. The van der Waals surface area contributed by atoms with Crippen molar-refractivity contribution in [2.24, 2.45) is 16.7 Å². The van der Waals surface area contributed by atoms with Crippen molar-refractivity contribution >= 4 is 11.6 Å². The number of Topliss-reactive ketones (excluding diaryl/α,β-unsaturated/α-hetero) is 2. The molecule has 0 heterocycles. The lowest BCUT2D eigenvalue weighted by Crippen LogP contribution is -2.34. The molecule has 0 amide bonds. The van der Waals surface area contributed by atoms with Gasteiger partial charge < -0.3 is 0 Å². The molecule has 2 atom stereocenters. The van der Waals surface area contributed by atoms with Gasteiger partial charge in [0.25, 0.3) is 0 Å². The van der Waals surface area contributed by atoms with Crippen LogP contribution in [0.1, 0.15) is 26.7 Å². The van der Waals surface area contributed by atoms with E-state index in [-0.39, 0.29) is 22.9 Å². The zero-order valence-electron chi connectivity index (χ0n) is 8.09. The van der Waals surface area contributed by atoms with E-state index in [2.05, 4.69) is 6.58 Å². The second kappa shape index (κ2) is 2.11. The zero-order chi connectivity index (χ0) is 9.85. The molecule has 2 bridgehead atoms. The highest BCUT2D eigenvalue weighted by Gasteiger charge is 2.67. The van der Waals surface area contributed by atoms with Gasteiger partial charge in [-0.15, -0.1) is 6.58 Å². The number of allylic oxidation sites excluding steroid dienone is 1. The fourth-order valence-electron chi connectivity index (χ4n) is 3.07. The Morgan fingerprint density at radius 1 is 1.46 bits per heavy atom. The zero-order valence-corrected chi connectivity index (χ0v) is 8.09. The lowest BCUT2D eigenvalue weighted by atomic mass is 9.69. The van der Waals surface area contributed by atoms with E-state index in [1.807, 2.05) is 13.8 Å². The molecule has 2 heteroatoms. The van der Waals surface area contributed by atoms with Crippen LogP contribution in [0.4, 0.5) is 0 Å². The molecular weight excluding hydrogens is 164 g/mol. The SMILES string of the molecule is C=CC12CCC(C(=O)C1=O)C2(C)C. The second-order valence-corrected chi connectivity index (χ2v) is 4.68. The molecule has 2 aliphatic rings. The van der Waals surface area contributed by atoms with Gasteiger partial charge >= 0.3 is 0 Å². The average Bonchev–Trinajstić information content (AvgIpc) is 2.41. The van der Waals surface area contributed by atoms with Crippen molar-refractivity contribution in [2.75, 3.05) is 0 Å². The molecule has 70 valence electrons. The van der Waals surface area contributed by atoms with Crippen LogP contribution in [-0.2, 0) is 9.59 Å². The smallest absolute Gasteiger partial charge is 0.209 e. The van der Waals surface area contributed by atoms with Crippen LogP contribution < -0.4 is 0 Å². The molecule has 0 aromatic heterocycles. The lowest BCUT2D eigenvalue weighted by Gasteiger charge is -2.32. The van der Waals surface area contributed by atoms with E-state index in [9.17, 15) is 9.59 Å². The van der Waals surface area contributed by atoms with Gasteiger partial charge in [-0.05, 0) is 18.3 Å². The lowest BCUT2D eigenvalue weighted by molar-refractivity contribution is -0.140. The molecule has 2 nitrogen and oxygen atoms in total. The molecule has 0 spiro atoms. The molecule has 0 aliphatic heterocycles. The van der Waals surface area contributed by atoms with Crippen molar-refractivity contribution < 1.29 is 9.59 Å². The molecule has 0 saturated heterocycles. The quantitative estimate of drug-likeness (QED) is 0.453. The van der Waals surface area contributed by atoms with Crippen LogP contribution in [0, 0.1) is 16.7 Å². The van der Waals surface area contributed by atoms with Gasteiger partial charge in [0.15, 0.2) is 0 Å². The summed E-state index contributed by atoms with van der Waals surface area (Å²) in [7, 11) is 0. The fraction of sp³-hybridized carbons (Fsp3) is 0.636. The topological polar surface area (TPSA) is 34.1 Å². The van der Waals surface area contributed by atoms with Crippen molar-refractivity contribution in [1.82, 2.24) is 0 Å². The van der Waals surface area contributed by atoms with Gasteiger partial charge in [-0.3, -0.25) is 9.59 Å². The Labute approximate surface area is 78.0 Å². The Morgan fingerprint density at radius 3 is 2.38 bits per heavy atom. The van der Waals surface area contributed by atoms with Gasteiger partial charge in [-0.2, -0.15) is 0 Å². The Bertz CT molecular complexity index is 314. The van der Waals surface area contributed by atoms with Crippen LogP contribution >= 0.6 is 0 Å². The van der Waals surface area contributed by atoms with Crippen molar-refractivity contribution in [1.29, 1.82) is 0 Å². The predicted octanol–water partition coefficient (Wildman–Crippen LogP) is 1.75. The highest BCUT2D eigenvalue weighted by atomic mass is 16.2. The van der Waals surface area contributed by atoms with Gasteiger partial charge in [0, 0.05) is 5.92 Å². The Balaban J connectivity index is 2.62. The van der Waals surface area contributed by atoms with Crippen molar-refractivity contribution in [2.45, 2.75) is 26.7 Å². The first kappa shape index (κ1) is 8.67. The molecule has 0 aromatic rings.